The van der Waals surface area contributed by atoms with Gasteiger partial charge < -0.3 is 34.5 Å². The van der Waals surface area contributed by atoms with E-state index < -0.39 is 46.8 Å². The highest BCUT2D eigenvalue weighted by Gasteiger charge is 2.63. The Kier molecular flexibility index (Phi) is 10.1. The standard InChI is InChI=1S/C41H54N4O8/c1-6-51-37(48)41-22-26(41)15-10-8-7-9-11-16-31(43-38(49)53-39(2,3)4)36(47)45-24-40(23-32(45)35(46)44-41)20-19-28-29-21-27(50-5)17-18-30(29)42-33(34(28)52-40)25-13-12-14-25/h10,15,17-18,21,25-26,31-32H,6-9,11-14,16,19-20,22-24H2,1-5H3,(H,43,49)(H,44,46)/b15-10-/t26-,31+,32+,40-,41-/m1/s1. The number of aromatic nitrogens is 1. The Morgan fingerprint density at radius 2 is 1.91 bits per heavy atom. The van der Waals surface area contributed by atoms with E-state index in [0.717, 1.165) is 72.2 Å². The maximum absolute atomic E-state index is 14.8. The number of ether oxygens (including phenoxy) is 4. The average molecular weight is 731 g/mol. The van der Waals surface area contributed by atoms with Crippen LogP contribution in [0.15, 0.2) is 30.4 Å². The number of allylic oxidation sites excluding steroid dienone is 1. The largest absolute Gasteiger partial charge is 0.497 e. The van der Waals surface area contributed by atoms with Crippen molar-refractivity contribution in [3.63, 3.8) is 0 Å². The summed E-state index contributed by atoms with van der Waals surface area (Å²) in [6.45, 7) is 7.41. The van der Waals surface area contributed by atoms with E-state index in [1.54, 1.807) is 39.7 Å². The fourth-order valence-electron chi connectivity index (χ4n) is 8.52. The molecule has 3 amide bonds. The monoisotopic (exact) mass is 730 g/mol. The molecule has 0 unspecified atom stereocenters. The molecule has 5 atom stereocenters. The molecular formula is C41H54N4O8. The molecule has 12 heteroatoms. The predicted octanol–water partition coefficient (Wildman–Crippen LogP) is 6.03. The number of rotatable bonds is 5. The molecule has 1 aromatic carbocycles. The third-order valence-corrected chi connectivity index (χ3v) is 11.6. The number of nitrogens with one attached hydrogen (secondary N) is 2. The summed E-state index contributed by atoms with van der Waals surface area (Å²) in [7, 11) is 1.65. The molecule has 2 aromatic rings. The van der Waals surface area contributed by atoms with Crippen molar-refractivity contribution in [2.24, 2.45) is 5.92 Å². The molecule has 3 aliphatic heterocycles. The zero-order chi connectivity index (χ0) is 37.5. The van der Waals surface area contributed by atoms with E-state index in [9.17, 15) is 19.2 Å². The number of hydrogen-bond donors (Lipinski definition) is 2. The second-order valence-electron chi connectivity index (χ2n) is 16.5. The van der Waals surface area contributed by atoms with Gasteiger partial charge in [-0.25, -0.2) is 14.6 Å². The Labute approximate surface area is 311 Å². The molecule has 2 saturated carbocycles. The number of nitrogens with zero attached hydrogens (tertiary/aromatic N) is 2. The molecule has 5 aliphatic rings. The molecular weight excluding hydrogens is 676 g/mol. The van der Waals surface area contributed by atoms with Gasteiger partial charge in [0.2, 0.25) is 11.8 Å². The van der Waals surface area contributed by atoms with Crippen molar-refractivity contribution in [1.82, 2.24) is 20.5 Å². The van der Waals surface area contributed by atoms with E-state index in [4.69, 9.17) is 23.9 Å². The number of carbonyl (C=O) groups is 4. The van der Waals surface area contributed by atoms with Crippen LogP contribution in [0, 0.1) is 5.92 Å². The van der Waals surface area contributed by atoms with Crippen molar-refractivity contribution in [2.75, 3.05) is 20.3 Å². The highest BCUT2D eigenvalue weighted by Crippen LogP contribution is 2.50. The number of aryl methyl sites for hydroxylation is 1. The lowest BCUT2D eigenvalue weighted by atomic mass is 9.79. The summed E-state index contributed by atoms with van der Waals surface area (Å²) in [5.41, 5.74) is 0.0567. The lowest BCUT2D eigenvalue weighted by molar-refractivity contribution is -0.150. The van der Waals surface area contributed by atoms with Crippen molar-refractivity contribution in [3.8, 4) is 11.5 Å². The van der Waals surface area contributed by atoms with Crippen LogP contribution in [-0.4, -0.2) is 82.8 Å². The van der Waals surface area contributed by atoms with E-state index in [2.05, 4.69) is 16.7 Å². The van der Waals surface area contributed by atoms with Crippen LogP contribution >= 0.6 is 0 Å². The second-order valence-corrected chi connectivity index (χ2v) is 16.5. The quantitative estimate of drug-likeness (QED) is 0.278. The summed E-state index contributed by atoms with van der Waals surface area (Å²) in [5.74, 6) is 0.289. The Balaban J connectivity index is 1.26. The summed E-state index contributed by atoms with van der Waals surface area (Å²) in [6.07, 6.45) is 12.1. The number of esters is 1. The van der Waals surface area contributed by atoms with E-state index in [-0.39, 0.29) is 37.3 Å². The third-order valence-electron chi connectivity index (χ3n) is 11.6. The van der Waals surface area contributed by atoms with Gasteiger partial charge in [0.05, 0.1) is 31.5 Å². The lowest BCUT2D eigenvalue weighted by Crippen LogP contribution is -2.57. The molecule has 1 aromatic heterocycles. The second kappa shape index (κ2) is 14.5. The molecule has 53 heavy (non-hydrogen) atoms. The number of hydrogen-bond acceptors (Lipinski definition) is 9. The maximum atomic E-state index is 14.8. The molecule has 4 heterocycles. The first-order chi connectivity index (χ1) is 25.3. The molecule has 3 fully saturated rings. The van der Waals surface area contributed by atoms with Crippen molar-refractivity contribution in [1.29, 1.82) is 0 Å². The summed E-state index contributed by atoms with van der Waals surface area (Å²) in [5, 5.41) is 6.90. The van der Waals surface area contributed by atoms with Gasteiger partial charge in [0.25, 0.3) is 0 Å². The van der Waals surface area contributed by atoms with Crippen LogP contribution in [0.4, 0.5) is 4.79 Å². The molecule has 0 bridgehead atoms. The maximum Gasteiger partial charge on any atom is 0.408 e. The van der Waals surface area contributed by atoms with Crippen LogP contribution in [0.3, 0.4) is 0 Å². The van der Waals surface area contributed by atoms with Crippen LogP contribution in [0.25, 0.3) is 10.9 Å². The summed E-state index contributed by atoms with van der Waals surface area (Å²) < 4.78 is 23.8. The van der Waals surface area contributed by atoms with E-state index >= 15 is 0 Å². The van der Waals surface area contributed by atoms with Crippen molar-refractivity contribution in [3.05, 3.63) is 41.6 Å². The fraction of sp³-hybridized carbons (Fsp3) is 0.634. The van der Waals surface area contributed by atoms with Crippen LogP contribution in [0.5, 0.6) is 11.5 Å². The first-order valence-electron chi connectivity index (χ1n) is 19.5. The third kappa shape index (κ3) is 7.42. The summed E-state index contributed by atoms with van der Waals surface area (Å²) in [4.78, 5) is 62.6. The summed E-state index contributed by atoms with van der Waals surface area (Å²) in [6, 6.07) is 4.06. The number of pyridine rings is 1. The Morgan fingerprint density at radius 1 is 1.09 bits per heavy atom. The van der Waals surface area contributed by atoms with Gasteiger partial charge in [-0.1, -0.05) is 31.4 Å². The fourth-order valence-corrected chi connectivity index (χ4v) is 8.52. The first-order valence-corrected chi connectivity index (χ1v) is 19.5. The Morgan fingerprint density at radius 3 is 2.62 bits per heavy atom. The predicted molar refractivity (Wildman–Crippen MR) is 198 cm³/mol. The van der Waals surface area contributed by atoms with Gasteiger partial charge in [-0.05, 0) is 97.3 Å². The van der Waals surface area contributed by atoms with Gasteiger partial charge in [-0.15, -0.1) is 0 Å². The van der Waals surface area contributed by atoms with Gasteiger partial charge in [0.1, 0.15) is 40.3 Å². The normalized spacial score (nSPS) is 29.6. The van der Waals surface area contributed by atoms with Crippen molar-refractivity contribution < 1.29 is 38.1 Å². The number of carbonyl (C=O) groups excluding carboxylic acids is 4. The molecule has 12 nitrogen and oxygen atoms in total. The van der Waals surface area contributed by atoms with Crippen LogP contribution in [0.1, 0.15) is 115 Å². The molecule has 2 N–H and O–H groups in total. The minimum absolute atomic E-state index is 0.145. The molecule has 2 aliphatic carbocycles. The van der Waals surface area contributed by atoms with Crippen LogP contribution in [-0.2, 0) is 30.3 Å². The zero-order valence-corrected chi connectivity index (χ0v) is 31.8. The van der Waals surface area contributed by atoms with Crippen LogP contribution < -0.4 is 20.1 Å². The number of methoxy groups -OCH3 is 1. The van der Waals surface area contributed by atoms with Crippen molar-refractivity contribution in [2.45, 2.75) is 139 Å². The molecule has 286 valence electrons. The zero-order valence-electron chi connectivity index (χ0n) is 31.8. The molecule has 0 radical (unpaired) electrons. The van der Waals surface area contributed by atoms with E-state index in [1.807, 2.05) is 24.3 Å². The smallest absolute Gasteiger partial charge is 0.408 e. The molecule has 7 rings (SSSR count). The number of alkyl carbamates (subject to hydrolysis) is 1. The Bertz CT molecular complexity index is 1800. The highest BCUT2D eigenvalue weighted by molar-refractivity contribution is 5.97. The molecule has 1 spiro atoms. The SMILES string of the molecule is CCOC(=O)[C@@]12C[C@H]1/C=C\CCCCC[C@H](NC(=O)OC(C)(C)C)C(=O)N1C[C@@]3(CCc4c(c(C5CCC5)nc5ccc(OC)cc45)O3)C[C@H]1C(=O)N2. The number of fused-ring (bicyclic) bond motifs is 5. The molecule has 1 saturated heterocycles. The topological polar surface area (TPSA) is 145 Å². The first kappa shape index (κ1) is 37.0. The van der Waals surface area contributed by atoms with Gasteiger partial charge in [-0.2, -0.15) is 0 Å². The van der Waals surface area contributed by atoms with Gasteiger partial charge in [0, 0.05) is 29.2 Å². The van der Waals surface area contributed by atoms with Crippen molar-refractivity contribution >= 4 is 34.8 Å². The number of amides is 3. The van der Waals surface area contributed by atoms with Gasteiger partial charge in [0.15, 0.2) is 0 Å². The number of benzene rings is 1. The van der Waals surface area contributed by atoms with Crippen LogP contribution in [0.2, 0.25) is 0 Å². The van der Waals surface area contributed by atoms with Gasteiger partial charge in [-0.3, -0.25) is 9.59 Å². The minimum atomic E-state index is -1.19. The minimum Gasteiger partial charge on any atom is -0.497 e. The highest BCUT2D eigenvalue weighted by atomic mass is 16.6. The van der Waals surface area contributed by atoms with Gasteiger partial charge >= 0.3 is 12.1 Å². The van der Waals surface area contributed by atoms with E-state index in [0.29, 0.717) is 32.1 Å². The Hall–Kier alpha value is -4.35. The summed E-state index contributed by atoms with van der Waals surface area (Å²) >= 11 is 0. The van der Waals surface area contributed by atoms with E-state index in [1.165, 1.54) is 0 Å². The lowest BCUT2D eigenvalue weighted by Gasteiger charge is -2.39. The average Bonchev–Trinajstić information content (AvgIpc) is 3.66.